The van der Waals surface area contributed by atoms with Gasteiger partial charge < -0.3 is 10.0 Å². The molecule has 0 aliphatic heterocycles. The van der Waals surface area contributed by atoms with Gasteiger partial charge in [0.2, 0.25) is 0 Å². The van der Waals surface area contributed by atoms with Crippen LogP contribution in [-0.4, -0.2) is 23.7 Å². The van der Waals surface area contributed by atoms with Crippen molar-refractivity contribution in [2.45, 2.75) is 45.1 Å². The van der Waals surface area contributed by atoms with E-state index in [0.717, 1.165) is 25.1 Å². The molecule has 0 bridgehead atoms. The van der Waals surface area contributed by atoms with Gasteiger partial charge in [-0.3, -0.25) is 0 Å². The molecular weight excluding hydrogens is 252 g/mol. The highest BCUT2D eigenvalue weighted by Gasteiger charge is 2.22. The Hall–Kier alpha value is -2.02. The summed E-state index contributed by atoms with van der Waals surface area (Å²) in [7, 11) is 0. The smallest absolute Gasteiger partial charge is 0.335 e. The number of anilines is 1. The van der Waals surface area contributed by atoms with E-state index in [1.54, 1.807) is 12.1 Å². The number of nitrogens with zero attached hydrogens (tertiary/aromatic N) is 2. The van der Waals surface area contributed by atoms with E-state index in [4.69, 9.17) is 5.11 Å². The molecule has 0 aromatic heterocycles. The van der Waals surface area contributed by atoms with Crippen LogP contribution >= 0.6 is 0 Å². The van der Waals surface area contributed by atoms with Crippen molar-refractivity contribution in [3.63, 3.8) is 0 Å². The van der Waals surface area contributed by atoms with Crippen LogP contribution in [0.1, 0.15) is 54.9 Å². The zero-order valence-electron chi connectivity index (χ0n) is 11.8. The van der Waals surface area contributed by atoms with Crippen LogP contribution in [-0.2, 0) is 0 Å². The van der Waals surface area contributed by atoms with E-state index < -0.39 is 5.97 Å². The van der Waals surface area contributed by atoms with Crippen LogP contribution in [0, 0.1) is 11.3 Å². The van der Waals surface area contributed by atoms with Gasteiger partial charge in [0.1, 0.15) is 6.07 Å². The van der Waals surface area contributed by atoms with Crippen LogP contribution in [0.25, 0.3) is 0 Å². The number of hydrogen-bond donors (Lipinski definition) is 1. The number of carbonyl (C=O) groups is 1. The Kier molecular flexibility index (Phi) is 4.62. The van der Waals surface area contributed by atoms with Gasteiger partial charge in [-0.05, 0) is 38.0 Å². The Bertz CT molecular complexity index is 528. The molecule has 0 amide bonds. The third-order valence-electron chi connectivity index (χ3n) is 4.03. The number of aromatic carboxylic acids is 1. The van der Waals surface area contributed by atoms with Crippen molar-refractivity contribution >= 4 is 11.7 Å². The van der Waals surface area contributed by atoms with E-state index >= 15 is 0 Å². The minimum atomic E-state index is -0.992. The maximum Gasteiger partial charge on any atom is 0.335 e. The molecule has 4 nitrogen and oxygen atoms in total. The zero-order chi connectivity index (χ0) is 14.5. The lowest BCUT2D eigenvalue weighted by atomic mass is 9.93. The summed E-state index contributed by atoms with van der Waals surface area (Å²) in [4.78, 5) is 13.3. The molecule has 0 unspecified atom stereocenters. The lowest BCUT2D eigenvalue weighted by Gasteiger charge is -2.36. The molecule has 20 heavy (non-hydrogen) atoms. The largest absolute Gasteiger partial charge is 0.478 e. The number of carboxylic acids is 1. The fourth-order valence-corrected chi connectivity index (χ4v) is 3.03. The normalized spacial score (nSPS) is 15.6. The predicted molar refractivity (Wildman–Crippen MR) is 78.0 cm³/mol. The van der Waals surface area contributed by atoms with Crippen molar-refractivity contribution in [2.75, 3.05) is 11.4 Å². The van der Waals surface area contributed by atoms with Crippen molar-refractivity contribution in [3.8, 4) is 6.07 Å². The summed E-state index contributed by atoms with van der Waals surface area (Å²) in [6.45, 7) is 2.92. The van der Waals surface area contributed by atoms with Crippen LogP contribution in [0.2, 0.25) is 0 Å². The molecule has 1 fully saturated rings. The van der Waals surface area contributed by atoms with Gasteiger partial charge in [-0.2, -0.15) is 5.26 Å². The van der Waals surface area contributed by atoms with Gasteiger partial charge >= 0.3 is 5.97 Å². The second-order valence-electron chi connectivity index (χ2n) is 5.23. The molecule has 1 aliphatic rings. The standard InChI is InChI=1S/C16H20N2O2/c1-2-18(14-6-4-3-5-7-14)15-9-8-12(16(19)20)10-13(15)11-17/h8-10,14H,2-7H2,1H3,(H,19,20). The van der Waals surface area contributed by atoms with Gasteiger partial charge in [0.25, 0.3) is 0 Å². The summed E-state index contributed by atoms with van der Waals surface area (Å²) >= 11 is 0. The van der Waals surface area contributed by atoms with Crippen molar-refractivity contribution in [3.05, 3.63) is 29.3 Å². The fourth-order valence-electron chi connectivity index (χ4n) is 3.03. The maximum atomic E-state index is 11.0. The number of rotatable bonds is 4. The molecule has 1 N–H and O–H groups in total. The van der Waals surface area contributed by atoms with E-state index in [1.807, 2.05) is 0 Å². The summed E-state index contributed by atoms with van der Waals surface area (Å²) in [6.07, 6.45) is 6.06. The highest BCUT2D eigenvalue weighted by Crippen LogP contribution is 2.29. The first-order valence-electron chi connectivity index (χ1n) is 7.21. The first kappa shape index (κ1) is 14.4. The van der Waals surface area contributed by atoms with Crippen molar-refractivity contribution < 1.29 is 9.90 Å². The molecule has 0 heterocycles. The number of nitriles is 1. The molecule has 0 atom stereocenters. The van der Waals surface area contributed by atoms with Gasteiger partial charge in [-0.1, -0.05) is 19.3 Å². The summed E-state index contributed by atoms with van der Waals surface area (Å²) in [5.74, 6) is -0.992. The Morgan fingerprint density at radius 3 is 2.65 bits per heavy atom. The molecule has 4 heteroatoms. The molecule has 1 aromatic carbocycles. The quantitative estimate of drug-likeness (QED) is 0.912. The number of carboxylic acid groups (broad SMARTS) is 1. The molecule has 0 spiro atoms. The summed E-state index contributed by atoms with van der Waals surface area (Å²) < 4.78 is 0. The van der Waals surface area contributed by atoms with Crippen molar-refractivity contribution in [1.82, 2.24) is 0 Å². The van der Waals surface area contributed by atoms with E-state index in [2.05, 4.69) is 17.9 Å². The Labute approximate surface area is 119 Å². The van der Waals surface area contributed by atoms with Crippen LogP contribution in [0.15, 0.2) is 18.2 Å². The lowest BCUT2D eigenvalue weighted by Crippen LogP contribution is -2.37. The molecule has 106 valence electrons. The topological polar surface area (TPSA) is 64.3 Å². The van der Waals surface area contributed by atoms with E-state index in [1.165, 1.54) is 25.3 Å². The molecule has 2 rings (SSSR count). The van der Waals surface area contributed by atoms with Gasteiger partial charge in [0.05, 0.1) is 16.8 Å². The second-order valence-corrected chi connectivity index (χ2v) is 5.23. The van der Waals surface area contributed by atoms with Gasteiger partial charge in [0.15, 0.2) is 0 Å². The van der Waals surface area contributed by atoms with Crippen LogP contribution in [0.4, 0.5) is 5.69 Å². The predicted octanol–water partition coefficient (Wildman–Crippen LogP) is 3.42. The summed E-state index contributed by atoms with van der Waals surface area (Å²) in [5, 5.41) is 18.3. The minimum Gasteiger partial charge on any atom is -0.478 e. The summed E-state index contributed by atoms with van der Waals surface area (Å²) in [6, 6.07) is 7.45. The fraction of sp³-hybridized carbons (Fsp3) is 0.500. The van der Waals surface area contributed by atoms with Gasteiger partial charge in [-0.25, -0.2) is 4.79 Å². The van der Waals surface area contributed by atoms with E-state index in [9.17, 15) is 10.1 Å². The Morgan fingerprint density at radius 1 is 1.40 bits per heavy atom. The van der Waals surface area contributed by atoms with Crippen molar-refractivity contribution in [2.24, 2.45) is 0 Å². The first-order chi connectivity index (χ1) is 9.67. The maximum absolute atomic E-state index is 11.0. The third-order valence-corrected chi connectivity index (χ3v) is 4.03. The molecule has 0 radical (unpaired) electrons. The van der Waals surface area contributed by atoms with Crippen molar-refractivity contribution in [1.29, 1.82) is 5.26 Å². The average molecular weight is 272 g/mol. The monoisotopic (exact) mass is 272 g/mol. The second kappa shape index (κ2) is 6.42. The lowest BCUT2D eigenvalue weighted by molar-refractivity contribution is 0.0697. The van der Waals surface area contributed by atoms with E-state index in [0.29, 0.717) is 11.6 Å². The molecule has 1 aromatic rings. The van der Waals surface area contributed by atoms with Crippen LogP contribution in [0.3, 0.4) is 0 Å². The SMILES string of the molecule is CCN(c1ccc(C(=O)O)cc1C#N)C1CCCCC1. The van der Waals surface area contributed by atoms with E-state index in [-0.39, 0.29) is 5.56 Å². The highest BCUT2D eigenvalue weighted by molar-refractivity contribution is 5.89. The third kappa shape index (κ3) is 2.93. The van der Waals surface area contributed by atoms with Crippen LogP contribution < -0.4 is 4.90 Å². The molecular formula is C16H20N2O2. The molecule has 0 saturated heterocycles. The van der Waals surface area contributed by atoms with Crippen LogP contribution in [0.5, 0.6) is 0 Å². The van der Waals surface area contributed by atoms with Gasteiger partial charge in [-0.15, -0.1) is 0 Å². The number of benzene rings is 1. The number of hydrogen-bond acceptors (Lipinski definition) is 3. The minimum absolute atomic E-state index is 0.171. The average Bonchev–Trinajstić information content (AvgIpc) is 2.49. The van der Waals surface area contributed by atoms with Gasteiger partial charge in [0, 0.05) is 12.6 Å². The first-order valence-corrected chi connectivity index (χ1v) is 7.21. The zero-order valence-corrected chi connectivity index (χ0v) is 11.8. The Morgan fingerprint density at radius 2 is 2.10 bits per heavy atom. The Balaban J connectivity index is 2.33. The molecule has 1 saturated carbocycles. The summed E-state index contributed by atoms with van der Waals surface area (Å²) in [5.41, 5.74) is 1.49. The highest BCUT2D eigenvalue weighted by atomic mass is 16.4. The molecule has 1 aliphatic carbocycles.